The van der Waals surface area contributed by atoms with Crippen molar-refractivity contribution < 1.29 is 14.3 Å². The first-order valence-electron chi connectivity index (χ1n) is 11.5. The van der Waals surface area contributed by atoms with E-state index in [2.05, 4.69) is 48.5 Å². The van der Waals surface area contributed by atoms with Crippen LogP contribution in [0.2, 0.25) is 0 Å². The second kappa shape index (κ2) is 9.40. The molecular weight excluding hydrogens is 420 g/mol. The maximum Gasteiger partial charge on any atom is 0.314 e. The Labute approximate surface area is 199 Å². The number of carbonyl (C=O) groups is 1. The Bertz CT molecular complexity index is 1380. The molecule has 0 amide bonds. The molecule has 0 aromatic heterocycles. The minimum absolute atomic E-state index is 0.279. The van der Waals surface area contributed by atoms with Crippen LogP contribution in [0.5, 0.6) is 5.75 Å². The van der Waals surface area contributed by atoms with E-state index in [9.17, 15) is 4.79 Å². The average molecular weight is 447 g/mol. The van der Waals surface area contributed by atoms with E-state index >= 15 is 0 Å². The van der Waals surface area contributed by atoms with Gasteiger partial charge in [-0.3, -0.25) is 4.79 Å². The SMILES string of the molecule is COc1cccc([C@@H](C)C(=O)OC(c2cccc3ccccc23)c2cccc3ccccc23)c1. The monoisotopic (exact) mass is 446 g/mol. The van der Waals surface area contributed by atoms with E-state index in [-0.39, 0.29) is 5.97 Å². The molecule has 34 heavy (non-hydrogen) atoms. The van der Waals surface area contributed by atoms with E-state index in [1.165, 1.54) is 0 Å². The number of hydrogen-bond donors (Lipinski definition) is 0. The summed E-state index contributed by atoms with van der Waals surface area (Å²) < 4.78 is 11.7. The van der Waals surface area contributed by atoms with Crippen molar-refractivity contribution in [3.8, 4) is 5.75 Å². The first-order chi connectivity index (χ1) is 16.7. The van der Waals surface area contributed by atoms with Gasteiger partial charge in [0.05, 0.1) is 13.0 Å². The highest BCUT2D eigenvalue weighted by Gasteiger charge is 2.26. The molecule has 0 fully saturated rings. The lowest BCUT2D eigenvalue weighted by Gasteiger charge is -2.24. The molecule has 0 saturated heterocycles. The fraction of sp³-hybridized carbons (Fsp3) is 0.129. The average Bonchev–Trinajstić information content (AvgIpc) is 2.90. The van der Waals surface area contributed by atoms with Crippen molar-refractivity contribution in [1.29, 1.82) is 0 Å². The van der Waals surface area contributed by atoms with Crippen molar-refractivity contribution in [2.24, 2.45) is 0 Å². The van der Waals surface area contributed by atoms with E-state index in [1.807, 2.05) is 67.6 Å². The lowest BCUT2D eigenvalue weighted by molar-refractivity contribution is -0.148. The Kier molecular flexibility index (Phi) is 6.01. The largest absolute Gasteiger partial charge is 0.497 e. The van der Waals surface area contributed by atoms with Crippen LogP contribution in [0.15, 0.2) is 109 Å². The first-order valence-corrected chi connectivity index (χ1v) is 11.5. The van der Waals surface area contributed by atoms with Crippen LogP contribution in [0.3, 0.4) is 0 Å². The zero-order chi connectivity index (χ0) is 23.5. The Morgan fingerprint density at radius 1 is 0.676 bits per heavy atom. The number of esters is 1. The van der Waals surface area contributed by atoms with Gasteiger partial charge in [-0.25, -0.2) is 0 Å². The van der Waals surface area contributed by atoms with Gasteiger partial charge in [-0.15, -0.1) is 0 Å². The maximum atomic E-state index is 13.5. The Morgan fingerprint density at radius 3 is 1.79 bits per heavy atom. The second-order valence-electron chi connectivity index (χ2n) is 8.45. The minimum atomic E-state index is -0.544. The van der Waals surface area contributed by atoms with Crippen LogP contribution < -0.4 is 4.74 Å². The molecule has 0 radical (unpaired) electrons. The number of ether oxygens (including phenoxy) is 2. The van der Waals surface area contributed by atoms with Crippen LogP contribution in [0.25, 0.3) is 21.5 Å². The van der Waals surface area contributed by atoms with Crippen LogP contribution in [0.1, 0.15) is 35.6 Å². The summed E-state index contributed by atoms with van der Waals surface area (Å²) in [5.74, 6) is -0.00141. The molecule has 0 bridgehead atoms. The van der Waals surface area contributed by atoms with Gasteiger partial charge in [-0.2, -0.15) is 0 Å². The van der Waals surface area contributed by atoms with Gasteiger partial charge in [0.2, 0.25) is 0 Å². The summed E-state index contributed by atoms with van der Waals surface area (Å²) >= 11 is 0. The molecule has 0 N–H and O–H groups in total. The van der Waals surface area contributed by atoms with Crippen molar-refractivity contribution in [2.75, 3.05) is 7.11 Å². The van der Waals surface area contributed by atoms with Gasteiger partial charge in [-0.05, 0) is 46.2 Å². The van der Waals surface area contributed by atoms with Gasteiger partial charge in [-0.1, -0.05) is 97.1 Å². The Hall–Kier alpha value is -4.11. The fourth-order valence-corrected chi connectivity index (χ4v) is 4.52. The summed E-state index contributed by atoms with van der Waals surface area (Å²) in [4.78, 5) is 13.5. The summed E-state index contributed by atoms with van der Waals surface area (Å²) in [5, 5.41) is 4.37. The quantitative estimate of drug-likeness (QED) is 0.254. The molecule has 0 aliphatic heterocycles. The predicted molar refractivity (Wildman–Crippen MR) is 137 cm³/mol. The summed E-state index contributed by atoms with van der Waals surface area (Å²) in [5.41, 5.74) is 2.81. The van der Waals surface area contributed by atoms with E-state index in [4.69, 9.17) is 9.47 Å². The van der Waals surface area contributed by atoms with Crippen LogP contribution >= 0.6 is 0 Å². The summed E-state index contributed by atoms with van der Waals surface area (Å²) in [6.07, 6.45) is -0.544. The van der Waals surface area contributed by atoms with Gasteiger partial charge >= 0.3 is 5.97 Å². The summed E-state index contributed by atoms with van der Waals surface area (Å²) in [6.45, 7) is 1.88. The molecule has 3 heteroatoms. The molecule has 168 valence electrons. The fourth-order valence-electron chi connectivity index (χ4n) is 4.52. The molecule has 5 aromatic carbocycles. The number of methoxy groups -OCH3 is 1. The number of hydrogen-bond acceptors (Lipinski definition) is 3. The van der Waals surface area contributed by atoms with Gasteiger partial charge in [0.25, 0.3) is 0 Å². The molecule has 1 atom stereocenters. The molecule has 0 saturated carbocycles. The molecule has 0 spiro atoms. The molecular formula is C31H26O3. The Morgan fingerprint density at radius 2 is 1.21 bits per heavy atom. The van der Waals surface area contributed by atoms with Crippen molar-refractivity contribution in [3.63, 3.8) is 0 Å². The molecule has 0 unspecified atom stereocenters. The third-order valence-corrected chi connectivity index (χ3v) is 6.39. The van der Waals surface area contributed by atoms with Gasteiger partial charge < -0.3 is 9.47 Å². The molecule has 0 aliphatic carbocycles. The molecule has 0 aliphatic rings. The number of benzene rings is 5. The van der Waals surface area contributed by atoms with Gasteiger partial charge in [0.15, 0.2) is 6.10 Å². The Balaban J connectivity index is 1.62. The van der Waals surface area contributed by atoms with Crippen molar-refractivity contribution in [2.45, 2.75) is 18.9 Å². The van der Waals surface area contributed by atoms with Crippen LogP contribution in [-0.2, 0) is 9.53 Å². The normalized spacial score (nSPS) is 12.1. The van der Waals surface area contributed by atoms with Crippen molar-refractivity contribution in [1.82, 2.24) is 0 Å². The maximum absolute atomic E-state index is 13.5. The number of fused-ring (bicyclic) bond motifs is 2. The standard InChI is InChI=1S/C31H26O3/c1-21(24-14-7-15-25(20-24)33-2)31(32)34-30(28-18-8-12-22-10-3-5-16-26(22)28)29-19-9-13-23-11-4-6-17-27(23)29/h3-21,30H,1-2H3/t21-/m1/s1. The van der Waals surface area contributed by atoms with Crippen LogP contribution in [0.4, 0.5) is 0 Å². The van der Waals surface area contributed by atoms with Crippen LogP contribution in [0, 0.1) is 0 Å². The topological polar surface area (TPSA) is 35.5 Å². The van der Waals surface area contributed by atoms with E-state index in [0.717, 1.165) is 44.0 Å². The minimum Gasteiger partial charge on any atom is -0.497 e. The van der Waals surface area contributed by atoms with Crippen molar-refractivity contribution >= 4 is 27.5 Å². The highest BCUT2D eigenvalue weighted by Crippen LogP contribution is 2.37. The zero-order valence-electron chi connectivity index (χ0n) is 19.3. The van der Waals surface area contributed by atoms with E-state index < -0.39 is 12.0 Å². The summed E-state index contributed by atoms with van der Waals surface area (Å²) in [6, 6.07) is 36.3. The van der Waals surface area contributed by atoms with Crippen molar-refractivity contribution in [3.05, 3.63) is 126 Å². The lowest BCUT2D eigenvalue weighted by Crippen LogP contribution is -2.18. The third kappa shape index (κ3) is 4.13. The lowest BCUT2D eigenvalue weighted by atomic mass is 9.92. The third-order valence-electron chi connectivity index (χ3n) is 6.39. The summed E-state index contributed by atoms with van der Waals surface area (Å²) in [7, 11) is 1.62. The molecule has 0 heterocycles. The first kappa shape index (κ1) is 21.7. The van der Waals surface area contributed by atoms with Gasteiger partial charge in [0.1, 0.15) is 5.75 Å². The second-order valence-corrected chi connectivity index (χ2v) is 8.45. The molecule has 5 aromatic rings. The number of rotatable bonds is 6. The van der Waals surface area contributed by atoms with Crippen LogP contribution in [-0.4, -0.2) is 13.1 Å². The van der Waals surface area contributed by atoms with Gasteiger partial charge in [0, 0.05) is 11.1 Å². The highest BCUT2D eigenvalue weighted by atomic mass is 16.5. The van der Waals surface area contributed by atoms with E-state index in [1.54, 1.807) is 7.11 Å². The predicted octanol–water partition coefficient (Wildman–Crippen LogP) is 7.44. The van der Waals surface area contributed by atoms with E-state index in [0.29, 0.717) is 0 Å². The highest BCUT2D eigenvalue weighted by molar-refractivity contribution is 5.90. The smallest absolute Gasteiger partial charge is 0.314 e. The molecule has 3 nitrogen and oxygen atoms in total. The number of carbonyl (C=O) groups excluding carboxylic acids is 1. The zero-order valence-corrected chi connectivity index (χ0v) is 19.3. The molecule has 5 rings (SSSR count).